The second-order valence-electron chi connectivity index (χ2n) is 7.66. The summed E-state index contributed by atoms with van der Waals surface area (Å²) in [7, 11) is 0. The van der Waals surface area contributed by atoms with Crippen molar-refractivity contribution in [2.24, 2.45) is 11.8 Å². The Hall–Kier alpha value is -1.58. The van der Waals surface area contributed by atoms with Crippen molar-refractivity contribution in [3.63, 3.8) is 0 Å². The van der Waals surface area contributed by atoms with Crippen LogP contribution >= 0.6 is 0 Å². The van der Waals surface area contributed by atoms with Gasteiger partial charge in [-0.05, 0) is 50.4 Å². The van der Waals surface area contributed by atoms with E-state index in [1.54, 1.807) is 0 Å². The van der Waals surface area contributed by atoms with Crippen molar-refractivity contribution in [3.05, 3.63) is 25.3 Å². The summed E-state index contributed by atoms with van der Waals surface area (Å²) in [5, 5.41) is 0. The van der Waals surface area contributed by atoms with E-state index in [4.69, 9.17) is 9.47 Å². The van der Waals surface area contributed by atoms with Gasteiger partial charge in [-0.2, -0.15) is 0 Å². The van der Waals surface area contributed by atoms with E-state index < -0.39 is 23.1 Å². The van der Waals surface area contributed by atoms with Crippen LogP contribution in [0, 0.1) is 11.8 Å². The maximum atomic E-state index is 12.1. The predicted molar refractivity (Wildman–Crippen MR) is 91.2 cm³/mol. The van der Waals surface area contributed by atoms with Gasteiger partial charge in [-0.1, -0.05) is 38.8 Å². The van der Waals surface area contributed by atoms with Gasteiger partial charge >= 0.3 is 11.9 Å². The van der Waals surface area contributed by atoms with Gasteiger partial charge in [-0.25, -0.2) is 9.59 Å². The number of ether oxygens (including phenoxy) is 2. The zero-order valence-electron chi connectivity index (χ0n) is 14.4. The number of carbonyl (C=O) groups excluding carboxylic acids is 2. The van der Waals surface area contributed by atoms with Crippen LogP contribution in [-0.2, 0) is 19.1 Å². The molecule has 4 nitrogen and oxygen atoms in total. The highest BCUT2D eigenvalue weighted by Crippen LogP contribution is 2.57. The number of esters is 2. The molecule has 0 aromatic heterocycles. The Morgan fingerprint density at radius 2 is 1.21 bits per heavy atom. The summed E-state index contributed by atoms with van der Waals surface area (Å²) >= 11 is 0. The van der Waals surface area contributed by atoms with Gasteiger partial charge in [0.05, 0.1) is 0 Å². The van der Waals surface area contributed by atoms with Crippen molar-refractivity contribution < 1.29 is 19.1 Å². The third-order valence-electron chi connectivity index (χ3n) is 6.42. The summed E-state index contributed by atoms with van der Waals surface area (Å²) in [6.45, 7) is 7.09. The van der Waals surface area contributed by atoms with Gasteiger partial charge in [0, 0.05) is 12.2 Å². The van der Waals surface area contributed by atoms with E-state index in [9.17, 15) is 9.59 Å². The van der Waals surface area contributed by atoms with Crippen molar-refractivity contribution in [1.82, 2.24) is 0 Å². The number of rotatable bonds is 4. The van der Waals surface area contributed by atoms with Crippen LogP contribution in [0.1, 0.15) is 64.2 Å². The second-order valence-corrected chi connectivity index (χ2v) is 7.66. The molecule has 3 fully saturated rings. The SMILES string of the molecule is C=CC(=O)OC12CCCCC1(OC(=O)C=C)CC1CCCCC1C2. The number of carbonyl (C=O) groups is 2. The molecule has 3 saturated carbocycles. The molecule has 0 spiro atoms. The molecule has 3 aliphatic rings. The maximum absolute atomic E-state index is 12.1. The summed E-state index contributed by atoms with van der Waals surface area (Å²) in [5.74, 6) is 0.297. The molecule has 0 heterocycles. The zero-order chi connectivity index (χ0) is 17.2. The van der Waals surface area contributed by atoms with Gasteiger partial charge in [0.15, 0.2) is 11.2 Å². The third-order valence-corrected chi connectivity index (χ3v) is 6.42. The van der Waals surface area contributed by atoms with Crippen LogP contribution in [0.3, 0.4) is 0 Å². The van der Waals surface area contributed by atoms with E-state index >= 15 is 0 Å². The average Bonchev–Trinajstić information content (AvgIpc) is 2.59. The van der Waals surface area contributed by atoms with Crippen LogP contribution in [0.25, 0.3) is 0 Å². The number of hydrogen-bond donors (Lipinski definition) is 0. The molecule has 4 unspecified atom stereocenters. The van der Waals surface area contributed by atoms with Gasteiger partial charge in [0.2, 0.25) is 0 Å². The monoisotopic (exact) mass is 332 g/mol. The fraction of sp³-hybridized carbons (Fsp3) is 0.700. The van der Waals surface area contributed by atoms with Gasteiger partial charge in [0.25, 0.3) is 0 Å². The molecule has 3 rings (SSSR count). The Kier molecular flexibility index (Phi) is 4.84. The van der Waals surface area contributed by atoms with E-state index in [0.717, 1.165) is 38.5 Å². The Morgan fingerprint density at radius 1 is 0.792 bits per heavy atom. The van der Waals surface area contributed by atoms with E-state index in [-0.39, 0.29) is 0 Å². The average molecular weight is 332 g/mol. The van der Waals surface area contributed by atoms with Gasteiger partial charge in [-0.3, -0.25) is 0 Å². The van der Waals surface area contributed by atoms with Crippen LogP contribution in [-0.4, -0.2) is 23.1 Å². The molecular weight excluding hydrogens is 304 g/mol. The standard InChI is InChI=1S/C20H28O4/c1-3-17(21)23-19-11-7-8-12-20(19,24-18(22)4-2)14-16-10-6-5-9-15(16)13-19/h3-4,15-16H,1-2,5-14H2. The first kappa shape index (κ1) is 17.2. The Balaban J connectivity index is 1.98. The lowest BCUT2D eigenvalue weighted by atomic mass is 9.55. The highest BCUT2D eigenvalue weighted by atomic mass is 16.6. The largest absolute Gasteiger partial charge is 0.452 e. The lowest BCUT2D eigenvalue weighted by Gasteiger charge is -2.58. The van der Waals surface area contributed by atoms with Crippen molar-refractivity contribution in [1.29, 1.82) is 0 Å². The molecule has 0 aromatic rings. The second kappa shape index (κ2) is 6.73. The number of hydrogen-bond acceptors (Lipinski definition) is 4. The first-order valence-corrected chi connectivity index (χ1v) is 9.25. The van der Waals surface area contributed by atoms with E-state index in [1.807, 2.05) is 0 Å². The molecule has 3 aliphatic carbocycles. The molecule has 0 radical (unpaired) electrons. The summed E-state index contributed by atoms with van der Waals surface area (Å²) in [6, 6.07) is 0. The van der Waals surface area contributed by atoms with Crippen molar-refractivity contribution >= 4 is 11.9 Å². The Labute approximate surface area is 144 Å². The summed E-state index contributed by atoms with van der Waals surface area (Å²) < 4.78 is 11.9. The van der Waals surface area contributed by atoms with Gasteiger partial charge in [-0.15, -0.1) is 0 Å². The van der Waals surface area contributed by atoms with Gasteiger partial charge < -0.3 is 9.47 Å². The van der Waals surface area contributed by atoms with Crippen molar-refractivity contribution in [2.45, 2.75) is 75.4 Å². The van der Waals surface area contributed by atoms with Crippen molar-refractivity contribution in [3.8, 4) is 0 Å². The van der Waals surface area contributed by atoms with Gasteiger partial charge in [0.1, 0.15) is 0 Å². The lowest BCUT2D eigenvalue weighted by Crippen LogP contribution is -2.65. The molecule has 0 saturated heterocycles. The maximum Gasteiger partial charge on any atom is 0.330 e. The number of fused-ring (bicyclic) bond motifs is 2. The smallest absolute Gasteiger partial charge is 0.330 e. The Morgan fingerprint density at radius 3 is 1.58 bits per heavy atom. The third kappa shape index (κ3) is 2.91. The fourth-order valence-corrected chi connectivity index (χ4v) is 5.36. The molecule has 4 heteroatoms. The van der Waals surface area contributed by atoms with Crippen LogP contribution in [0.4, 0.5) is 0 Å². The quantitative estimate of drug-likeness (QED) is 0.574. The predicted octanol–water partition coefficient (Wildman–Crippen LogP) is 4.10. The Bertz CT molecular complexity index is 492. The molecule has 0 amide bonds. The van der Waals surface area contributed by atoms with Crippen molar-refractivity contribution in [2.75, 3.05) is 0 Å². The molecule has 4 atom stereocenters. The van der Waals surface area contributed by atoms with E-state index in [2.05, 4.69) is 13.2 Å². The fourth-order valence-electron chi connectivity index (χ4n) is 5.36. The summed E-state index contributed by atoms with van der Waals surface area (Å²) in [6.07, 6.45) is 12.4. The first-order chi connectivity index (χ1) is 11.5. The highest BCUT2D eigenvalue weighted by Gasteiger charge is 2.63. The molecule has 0 N–H and O–H groups in total. The van der Waals surface area contributed by atoms with Crippen LogP contribution in [0.5, 0.6) is 0 Å². The first-order valence-electron chi connectivity index (χ1n) is 9.25. The summed E-state index contributed by atoms with van der Waals surface area (Å²) in [5.41, 5.74) is -1.40. The van der Waals surface area contributed by atoms with E-state index in [1.165, 1.54) is 37.8 Å². The van der Waals surface area contributed by atoms with Crippen LogP contribution in [0.15, 0.2) is 25.3 Å². The topological polar surface area (TPSA) is 52.6 Å². The molecule has 0 bridgehead atoms. The minimum Gasteiger partial charge on any atom is -0.452 e. The minimum atomic E-state index is -0.701. The molecular formula is C20H28O4. The molecule has 0 aliphatic heterocycles. The molecule has 24 heavy (non-hydrogen) atoms. The van der Waals surface area contributed by atoms with Crippen LogP contribution in [0.2, 0.25) is 0 Å². The molecule has 132 valence electrons. The molecule has 0 aromatic carbocycles. The van der Waals surface area contributed by atoms with Crippen LogP contribution < -0.4 is 0 Å². The highest BCUT2D eigenvalue weighted by molar-refractivity contribution is 5.83. The minimum absolute atomic E-state index is 0.412. The zero-order valence-corrected chi connectivity index (χ0v) is 14.4. The summed E-state index contributed by atoms with van der Waals surface area (Å²) in [4.78, 5) is 24.2. The lowest BCUT2D eigenvalue weighted by molar-refractivity contribution is -0.247. The normalized spacial score (nSPS) is 38.2. The van der Waals surface area contributed by atoms with E-state index in [0.29, 0.717) is 11.8 Å².